The number of carbonyl (C=O) groups excluding carboxylic acids is 1. The Morgan fingerprint density at radius 2 is 2.05 bits per heavy atom. The summed E-state index contributed by atoms with van der Waals surface area (Å²) in [5.41, 5.74) is 0.538. The average Bonchev–Trinajstić information content (AvgIpc) is 2.91. The topological polar surface area (TPSA) is 105 Å². The third-order valence-corrected chi connectivity index (χ3v) is 3.05. The van der Waals surface area contributed by atoms with E-state index in [0.717, 1.165) is 0 Å². The van der Waals surface area contributed by atoms with Gasteiger partial charge in [-0.15, -0.1) is 0 Å². The van der Waals surface area contributed by atoms with E-state index >= 15 is 0 Å². The minimum Gasteiger partial charge on any atom is -0.479 e. The van der Waals surface area contributed by atoms with Crippen LogP contribution < -0.4 is 5.32 Å². The number of nitrogens with zero attached hydrogens (tertiary/aromatic N) is 2. The van der Waals surface area contributed by atoms with E-state index in [4.69, 9.17) is 4.52 Å². The molecule has 7 nitrogen and oxygen atoms in total. The van der Waals surface area contributed by atoms with Crippen molar-refractivity contribution in [2.24, 2.45) is 0 Å². The van der Waals surface area contributed by atoms with Crippen molar-refractivity contribution in [3.8, 4) is 0 Å². The lowest BCUT2D eigenvalue weighted by molar-refractivity contribution is -0.142. The van der Waals surface area contributed by atoms with Crippen LogP contribution in [0.15, 0.2) is 34.9 Å². The smallest absolute Gasteiger partial charge is 0.330 e. The molecule has 22 heavy (non-hydrogen) atoms. The highest BCUT2D eigenvalue weighted by Gasteiger charge is 2.21. The first kappa shape index (κ1) is 15.7. The summed E-state index contributed by atoms with van der Waals surface area (Å²) >= 11 is 0. The lowest BCUT2D eigenvalue weighted by Gasteiger charge is -2.14. The van der Waals surface area contributed by atoms with Crippen LogP contribution in [0.2, 0.25) is 0 Å². The number of rotatable bonds is 7. The summed E-state index contributed by atoms with van der Waals surface area (Å²) in [6.07, 6.45) is 1.18. The minimum atomic E-state index is -1.09. The van der Waals surface area contributed by atoms with E-state index in [2.05, 4.69) is 15.5 Å². The zero-order valence-electron chi connectivity index (χ0n) is 12.2. The second kappa shape index (κ2) is 7.35. The largest absolute Gasteiger partial charge is 0.479 e. The molecule has 0 aliphatic carbocycles. The second-order valence-corrected chi connectivity index (χ2v) is 4.84. The first-order chi connectivity index (χ1) is 10.6. The molecule has 1 aromatic carbocycles. The first-order valence-electron chi connectivity index (χ1n) is 6.92. The minimum absolute atomic E-state index is 0.193. The molecule has 0 saturated heterocycles. The normalized spacial score (nSPS) is 11.9. The predicted molar refractivity (Wildman–Crippen MR) is 76.9 cm³/mol. The number of carboxylic acids is 1. The number of amides is 1. The summed E-state index contributed by atoms with van der Waals surface area (Å²) in [4.78, 5) is 27.2. The quantitative estimate of drug-likeness (QED) is 0.805. The molecular weight excluding hydrogens is 286 g/mol. The third kappa shape index (κ3) is 4.41. The Hall–Kier alpha value is -2.70. The van der Waals surface area contributed by atoms with Gasteiger partial charge < -0.3 is 14.9 Å². The molecule has 2 aromatic rings. The predicted octanol–water partition coefficient (Wildman–Crippen LogP) is 1.64. The highest BCUT2D eigenvalue weighted by Crippen LogP contribution is 2.13. The summed E-state index contributed by atoms with van der Waals surface area (Å²) in [6, 6.07) is 7.54. The molecule has 0 bridgehead atoms. The molecule has 1 heterocycles. The van der Waals surface area contributed by atoms with Crippen molar-refractivity contribution in [2.75, 3.05) is 0 Å². The number of benzene rings is 1. The molecule has 116 valence electrons. The highest BCUT2D eigenvalue weighted by atomic mass is 16.5. The summed E-state index contributed by atoms with van der Waals surface area (Å²) in [5.74, 6) is -0.391. The summed E-state index contributed by atoms with van der Waals surface area (Å²) < 4.78 is 4.95. The Morgan fingerprint density at radius 3 is 2.64 bits per heavy atom. The van der Waals surface area contributed by atoms with E-state index < -0.39 is 12.0 Å². The summed E-state index contributed by atoms with van der Waals surface area (Å²) in [6.45, 7) is 1.72. The van der Waals surface area contributed by atoms with Crippen molar-refractivity contribution in [3.05, 3.63) is 47.6 Å². The van der Waals surface area contributed by atoms with Crippen molar-refractivity contribution < 1.29 is 19.2 Å². The van der Waals surface area contributed by atoms with E-state index in [-0.39, 0.29) is 12.3 Å². The molecule has 7 heteroatoms. The Morgan fingerprint density at radius 1 is 1.32 bits per heavy atom. The fraction of sp³-hybridized carbons (Fsp3) is 0.333. The van der Waals surface area contributed by atoms with E-state index in [1.54, 1.807) is 37.3 Å². The molecule has 1 amide bonds. The number of hydrogen-bond donors (Lipinski definition) is 2. The van der Waals surface area contributed by atoms with Crippen LogP contribution in [-0.2, 0) is 16.0 Å². The van der Waals surface area contributed by atoms with Crippen LogP contribution in [0.5, 0.6) is 0 Å². The molecule has 2 N–H and O–H groups in total. The number of carboxylic acid groups (broad SMARTS) is 1. The van der Waals surface area contributed by atoms with Gasteiger partial charge in [0.15, 0.2) is 11.9 Å². The van der Waals surface area contributed by atoms with Gasteiger partial charge in [0.05, 0.1) is 0 Å². The summed E-state index contributed by atoms with van der Waals surface area (Å²) in [5, 5.41) is 15.4. The van der Waals surface area contributed by atoms with Crippen molar-refractivity contribution in [3.63, 3.8) is 0 Å². The Labute approximate surface area is 127 Å². The molecular formula is C15H17N3O4. The fourth-order valence-electron chi connectivity index (χ4n) is 2.01. The number of aliphatic carboxylic acids is 1. The molecule has 2 rings (SSSR count). The summed E-state index contributed by atoms with van der Waals surface area (Å²) in [7, 11) is 0. The maximum Gasteiger partial charge on any atom is 0.330 e. The van der Waals surface area contributed by atoms with Crippen LogP contribution in [0.4, 0.5) is 0 Å². The molecule has 0 saturated carbocycles. The lowest BCUT2D eigenvalue weighted by atomic mass is 10.1. The Bertz CT molecular complexity index is 639. The van der Waals surface area contributed by atoms with E-state index in [0.29, 0.717) is 30.1 Å². The van der Waals surface area contributed by atoms with E-state index in [9.17, 15) is 14.7 Å². The van der Waals surface area contributed by atoms with Crippen LogP contribution in [0.3, 0.4) is 0 Å². The molecule has 0 unspecified atom stereocenters. The van der Waals surface area contributed by atoms with Gasteiger partial charge in [-0.1, -0.05) is 35.5 Å². The van der Waals surface area contributed by atoms with Crippen LogP contribution in [-0.4, -0.2) is 27.1 Å². The molecule has 0 aliphatic rings. The lowest BCUT2D eigenvalue weighted by Crippen LogP contribution is -2.33. The van der Waals surface area contributed by atoms with Gasteiger partial charge in [-0.2, -0.15) is 4.98 Å². The van der Waals surface area contributed by atoms with Crippen LogP contribution in [0.25, 0.3) is 0 Å². The van der Waals surface area contributed by atoms with Gasteiger partial charge in [-0.25, -0.2) is 4.79 Å². The third-order valence-electron chi connectivity index (χ3n) is 3.05. The molecule has 0 aliphatic heterocycles. The Balaban J connectivity index is 1.85. The van der Waals surface area contributed by atoms with Crippen molar-refractivity contribution in [1.82, 2.24) is 15.5 Å². The average molecular weight is 303 g/mol. The van der Waals surface area contributed by atoms with Gasteiger partial charge in [0, 0.05) is 12.8 Å². The second-order valence-electron chi connectivity index (χ2n) is 4.84. The highest BCUT2D eigenvalue weighted by molar-refractivity contribution is 5.84. The fourth-order valence-corrected chi connectivity index (χ4v) is 2.01. The van der Waals surface area contributed by atoms with E-state index in [1.165, 1.54) is 0 Å². The Kier molecular flexibility index (Phi) is 5.24. The molecule has 0 fully saturated rings. The van der Waals surface area contributed by atoms with Crippen molar-refractivity contribution in [2.45, 2.75) is 32.2 Å². The van der Waals surface area contributed by atoms with Crippen molar-refractivity contribution >= 4 is 11.9 Å². The van der Waals surface area contributed by atoms with E-state index in [1.807, 2.05) is 0 Å². The zero-order valence-corrected chi connectivity index (χ0v) is 12.2. The molecule has 0 radical (unpaired) electrons. The van der Waals surface area contributed by atoms with Crippen molar-refractivity contribution in [1.29, 1.82) is 0 Å². The number of aromatic nitrogens is 2. The van der Waals surface area contributed by atoms with Gasteiger partial charge >= 0.3 is 5.97 Å². The number of hydrogen-bond acceptors (Lipinski definition) is 5. The maximum absolute atomic E-state index is 11.9. The standard InChI is InChI=1S/C15H17N3O4/c1-10-16-13(22-18-10)9-5-8-12(19)17-14(15(20)21)11-6-3-2-4-7-11/h2-4,6-7,14H,5,8-9H2,1H3,(H,17,19)(H,20,21)/t14-/m1/s1. The first-order valence-corrected chi connectivity index (χ1v) is 6.92. The zero-order chi connectivity index (χ0) is 15.9. The number of nitrogens with one attached hydrogen (secondary N) is 1. The van der Waals surface area contributed by atoms with Gasteiger partial charge in [-0.3, -0.25) is 4.79 Å². The van der Waals surface area contributed by atoms with Gasteiger partial charge in [0.25, 0.3) is 0 Å². The van der Waals surface area contributed by atoms with Gasteiger partial charge in [0.2, 0.25) is 11.8 Å². The van der Waals surface area contributed by atoms with Gasteiger partial charge in [0.1, 0.15) is 0 Å². The number of aryl methyl sites for hydroxylation is 2. The van der Waals surface area contributed by atoms with Crippen LogP contribution >= 0.6 is 0 Å². The van der Waals surface area contributed by atoms with Crippen LogP contribution in [0.1, 0.15) is 36.2 Å². The van der Waals surface area contributed by atoms with Crippen LogP contribution in [0, 0.1) is 6.92 Å². The monoisotopic (exact) mass is 303 g/mol. The molecule has 0 spiro atoms. The molecule has 1 atom stereocenters. The number of carbonyl (C=O) groups is 2. The molecule has 1 aromatic heterocycles. The SMILES string of the molecule is Cc1noc(CCCC(=O)N[C@@H](C(=O)O)c2ccccc2)n1. The van der Waals surface area contributed by atoms with Gasteiger partial charge in [-0.05, 0) is 18.9 Å². The maximum atomic E-state index is 11.9.